The third-order valence-corrected chi connectivity index (χ3v) is 2.75. The molecule has 1 fully saturated rings. The van der Waals surface area contributed by atoms with E-state index in [0.717, 1.165) is 19.3 Å². The molecule has 1 rings (SSSR count). The number of carbonyl (C=O) groups excluding carboxylic acids is 1. The molecule has 0 radical (unpaired) electrons. The van der Waals surface area contributed by atoms with Gasteiger partial charge in [-0.1, -0.05) is 6.92 Å². The van der Waals surface area contributed by atoms with Gasteiger partial charge in [0.2, 0.25) is 0 Å². The lowest BCUT2D eigenvalue weighted by Gasteiger charge is -2.22. The van der Waals surface area contributed by atoms with Crippen LogP contribution in [0.2, 0.25) is 0 Å². The first-order chi connectivity index (χ1) is 6.58. The van der Waals surface area contributed by atoms with E-state index in [-0.39, 0.29) is 11.9 Å². The normalized spacial score (nSPS) is 28.8. The van der Waals surface area contributed by atoms with E-state index in [9.17, 15) is 4.79 Å². The molecule has 0 aromatic rings. The summed E-state index contributed by atoms with van der Waals surface area (Å²) >= 11 is 0. The highest BCUT2D eigenvalue weighted by Crippen LogP contribution is 2.24. The molecule has 0 saturated carbocycles. The fourth-order valence-electron chi connectivity index (χ4n) is 1.51. The Morgan fingerprint density at radius 3 is 2.93 bits per heavy atom. The van der Waals surface area contributed by atoms with Crippen molar-refractivity contribution in [3.63, 3.8) is 0 Å². The Bertz CT molecular complexity index is 200. The average Bonchev–Trinajstić information content (AvgIpc) is 2.62. The van der Waals surface area contributed by atoms with E-state index in [4.69, 9.17) is 10.5 Å². The fraction of sp³-hybridized carbons (Fsp3) is 0.900. The second kappa shape index (κ2) is 4.75. The Balaban J connectivity index is 2.34. The molecule has 2 atom stereocenters. The van der Waals surface area contributed by atoms with Gasteiger partial charge in [-0.3, -0.25) is 4.79 Å². The Morgan fingerprint density at radius 1 is 1.71 bits per heavy atom. The average molecular weight is 200 g/mol. The first-order valence-corrected chi connectivity index (χ1v) is 5.26. The predicted octanol–water partition coefficient (Wildman–Crippen LogP) is 0.409. The Kier molecular flexibility index (Phi) is 3.89. The van der Waals surface area contributed by atoms with Crippen LogP contribution in [-0.2, 0) is 9.53 Å². The van der Waals surface area contributed by atoms with Crippen LogP contribution >= 0.6 is 0 Å². The molecule has 1 heterocycles. The van der Waals surface area contributed by atoms with Gasteiger partial charge in [-0.2, -0.15) is 0 Å². The minimum absolute atomic E-state index is 0.0288. The number of hydrogen-bond acceptors (Lipinski definition) is 3. The zero-order valence-electron chi connectivity index (χ0n) is 9.01. The van der Waals surface area contributed by atoms with Crippen LogP contribution in [-0.4, -0.2) is 30.7 Å². The quantitative estimate of drug-likeness (QED) is 0.691. The highest BCUT2D eigenvalue weighted by atomic mass is 16.5. The van der Waals surface area contributed by atoms with Crippen molar-refractivity contribution < 1.29 is 9.53 Å². The molecule has 0 aliphatic carbocycles. The van der Waals surface area contributed by atoms with Crippen molar-refractivity contribution in [2.24, 2.45) is 5.73 Å². The van der Waals surface area contributed by atoms with Crippen molar-refractivity contribution in [3.8, 4) is 0 Å². The van der Waals surface area contributed by atoms with Crippen molar-refractivity contribution in [2.75, 3.05) is 13.2 Å². The van der Waals surface area contributed by atoms with Gasteiger partial charge in [0.25, 0.3) is 5.91 Å². The third kappa shape index (κ3) is 2.69. The summed E-state index contributed by atoms with van der Waals surface area (Å²) in [5, 5.41) is 2.83. The minimum Gasteiger partial charge on any atom is -0.365 e. The van der Waals surface area contributed by atoms with Crippen LogP contribution < -0.4 is 11.1 Å². The SMILES string of the molecule is CCC(N)CNC(=O)C1(C)CCCO1. The van der Waals surface area contributed by atoms with E-state index < -0.39 is 5.60 Å². The van der Waals surface area contributed by atoms with Gasteiger partial charge in [0, 0.05) is 19.2 Å². The highest BCUT2D eigenvalue weighted by Gasteiger charge is 2.37. The van der Waals surface area contributed by atoms with Gasteiger partial charge in [-0.25, -0.2) is 0 Å². The van der Waals surface area contributed by atoms with Crippen molar-refractivity contribution >= 4 is 5.91 Å². The summed E-state index contributed by atoms with van der Waals surface area (Å²) in [7, 11) is 0. The second-order valence-electron chi connectivity index (χ2n) is 4.06. The maximum atomic E-state index is 11.7. The Morgan fingerprint density at radius 2 is 2.43 bits per heavy atom. The number of rotatable bonds is 4. The fourth-order valence-corrected chi connectivity index (χ4v) is 1.51. The van der Waals surface area contributed by atoms with E-state index in [1.165, 1.54) is 0 Å². The predicted molar refractivity (Wildman–Crippen MR) is 54.9 cm³/mol. The first kappa shape index (κ1) is 11.5. The molecule has 1 saturated heterocycles. The molecule has 3 N–H and O–H groups in total. The molecule has 0 aromatic carbocycles. The van der Waals surface area contributed by atoms with E-state index >= 15 is 0 Å². The van der Waals surface area contributed by atoms with Crippen LogP contribution in [0.5, 0.6) is 0 Å². The molecule has 1 aliphatic heterocycles. The number of hydrogen-bond donors (Lipinski definition) is 2. The van der Waals surface area contributed by atoms with Gasteiger partial charge in [-0.05, 0) is 26.2 Å². The van der Waals surface area contributed by atoms with Crippen molar-refractivity contribution in [2.45, 2.75) is 44.8 Å². The summed E-state index contributed by atoms with van der Waals surface area (Å²) in [6.07, 6.45) is 2.64. The Labute approximate surface area is 85.2 Å². The van der Waals surface area contributed by atoms with Gasteiger partial charge in [0.1, 0.15) is 5.60 Å². The van der Waals surface area contributed by atoms with Crippen molar-refractivity contribution in [1.29, 1.82) is 0 Å². The molecule has 0 spiro atoms. The third-order valence-electron chi connectivity index (χ3n) is 2.75. The first-order valence-electron chi connectivity index (χ1n) is 5.26. The lowest BCUT2D eigenvalue weighted by Crippen LogP contribution is -2.47. The summed E-state index contributed by atoms with van der Waals surface area (Å²) in [6.45, 7) is 5.06. The molecule has 1 aliphatic rings. The van der Waals surface area contributed by atoms with Gasteiger partial charge in [-0.15, -0.1) is 0 Å². The summed E-state index contributed by atoms with van der Waals surface area (Å²) in [5.41, 5.74) is 5.09. The van der Waals surface area contributed by atoms with Crippen molar-refractivity contribution in [3.05, 3.63) is 0 Å². The summed E-state index contributed by atoms with van der Waals surface area (Å²) in [5.74, 6) is -0.0288. The van der Waals surface area contributed by atoms with Crippen LogP contribution in [0.4, 0.5) is 0 Å². The number of amides is 1. The maximum absolute atomic E-state index is 11.7. The van der Waals surface area contributed by atoms with Gasteiger partial charge >= 0.3 is 0 Å². The van der Waals surface area contributed by atoms with Crippen LogP contribution in [0.1, 0.15) is 33.1 Å². The lowest BCUT2D eigenvalue weighted by molar-refractivity contribution is -0.139. The van der Waals surface area contributed by atoms with Gasteiger partial charge in [0.05, 0.1) is 0 Å². The number of nitrogens with two attached hydrogens (primary N) is 1. The summed E-state index contributed by atoms with van der Waals surface area (Å²) in [4.78, 5) is 11.7. The molecule has 4 nitrogen and oxygen atoms in total. The topological polar surface area (TPSA) is 64.3 Å². The van der Waals surface area contributed by atoms with E-state index in [1.54, 1.807) is 0 Å². The molecule has 2 unspecified atom stereocenters. The molecule has 4 heteroatoms. The number of ether oxygens (including phenoxy) is 1. The van der Waals surface area contributed by atoms with E-state index in [0.29, 0.717) is 13.2 Å². The van der Waals surface area contributed by atoms with Gasteiger partial charge < -0.3 is 15.8 Å². The molecule has 82 valence electrons. The van der Waals surface area contributed by atoms with E-state index in [2.05, 4.69) is 5.32 Å². The molecular weight excluding hydrogens is 180 g/mol. The van der Waals surface area contributed by atoms with Crippen LogP contribution in [0.15, 0.2) is 0 Å². The summed E-state index contributed by atoms with van der Waals surface area (Å²) < 4.78 is 5.42. The molecule has 14 heavy (non-hydrogen) atoms. The standard InChI is InChI=1S/C10H20N2O2/c1-3-8(11)7-12-9(13)10(2)5-4-6-14-10/h8H,3-7,11H2,1-2H3,(H,12,13). The number of nitrogens with one attached hydrogen (secondary N) is 1. The molecule has 0 bridgehead atoms. The monoisotopic (exact) mass is 200 g/mol. The maximum Gasteiger partial charge on any atom is 0.252 e. The Hall–Kier alpha value is -0.610. The van der Waals surface area contributed by atoms with Gasteiger partial charge in [0.15, 0.2) is 0 Å². The summed E-state index contributed by atoms with van der Waals surface area (Å²) in [6, 6.07) is 0.0453. The zero-order chi connectivity index (χ0) is 10.6. The molecule has 1 amide bonds. The van der Waals surface area contributed by atoms with E-state index in [1.807, 2.05) is 13.8 Å². The lowest BCUT2D eigenvalue weighted by atomic mass is 10.0. The molecular formula is C10H20N2O2. The van der Waals surface area contributed by atoms with Crippen LogP contribution in [0.3, 0.4) is 0 Å². The minimum atomic E-state index is -0.618. The highest BCUT2D eigenvalue weighted by molar-refractivity contribution is 5.85. The zero-order valence-corrected chi connectivity index (χ0v) is 9.01. The molecule has 0 aromatic heterocycles. The second-order valence-corrected chi connectivity index (χ2v) is 4.06. The van der Waals surface area contributed by atoms with Crippen LogP contribution in [0.25, 0.3) is 0 Å². The van der Waals surface area contributed by atoms with Crippen molar-refractivity contribution in [1.82, 2.24) is 5.32 Å². The largest absolute Gasteiger partial charge is 0.365 e. The number of carbonyl (C=O) groups is 1. The smallest absolute Gasteiger partial charge is 0.252 e. The van der Waals surface area contributed by atoms with Crippen LogP contribution in [0, 0.1) is 0 Å².